The Balaban J connectivity index is 1.87. The van der Waals surface area contributed by atoms with E-state index in [1.54, 1.807) is 41.3 Å². The lowest BCUT2D eigenvalue weighted by atomic mass is 10.0. The summed E-state index contributed by atoms with van der Waals surface area (Å²) < 4.78 is 32.1. The van der Waals surface area contributed by atoms with Gasteiger partial charge in [-0.1, -0.05) is 37.3 Å². The molecule has 0 aliphatic carbocycles. The minimum Gasteiger partial charge on any atom is -0.455 e. The second kappa shape index (κ2) is 8.65. The van der Waals surface area contributed by atoms with E-state index < -0.39 is 10.0 Å². The number of benzene rings is 2. The van der Waals surface area contributed by atoms with Gasteiger partial charge in [0.25, 0.3) is 0 Å². The number of para-hydroxylation sites is 3. The maximum Gasteiger partial charge on any atom is 0.243 e. The van der Waals surface area contributed by atoms with Crippen molar-refractivity contribution in [1.82, 2.24) is 4.90 Å². The van der Waals surface area contributed by atoms with E-state index in [1.807, 2.05) is 18.2 Å². The molecule has 7 heteroatoms. The highest BCUT2D eigenvalue weighted by Gasteiger charge is 2.28. The van der Waals surface area contributed by atoms with Crippen LogP contribution in [0, 0.1) is 5.92 Å². The molecule has 1 heterocycles. The Morgan fingerprint density at radius 1 is 1.14 bits per heavy atom. The van der Waals surface area contributed by atoms with Crippen LogP contribution < -0.4 is 9.04 Å². The average Bonchev–Trinajstić information content (AvgIpc) is 2.66. The van der Waals surface area contributed by atoms with Gasteiger partial charge in [-0.3, -0.25) is 9.10 Å². The summed E-state index contributed by atoms with van der Waals surface area (Å²) in [7, 11) is -3.67. The molecule has 1 amide bonds. The number of amides is 1. The summed E-state index contributed by atoms with van der Waals surface area (Å²) in [6.07, 6.45) is 3.14. The number of rotatable bonds is 6. The van der Waals surface area contributed by atoms with Gasteiger partial charge < -0.3 is 9.64 Å². The summed E-state index contributed by atoms with van der Waals surface area (Å²) in [5.74, 6) is 1.23. The van der Waals surface area contributed by atoms with Crippen LogP contribution >= 0.6 is 0 Å². The van der Waals surface area contributed by atoms with Gasteiger partial charge in [0, 0.05) is 13.1 Å². The lowest BCUT2D eigenvalue weighted by Gasteiger charge is -2.33. The summed E-state index contributed by atoms with van der Waals surface area (Å²) in [6.45, 7) is 3.21. The van der Waals surface area contributed by atoms with Crippen LogP contribution in [0.2, 0.25) is 0 Å². The molecular formula is C21H26N2O4S. The Morgan fingerprint density at radius 2 is 1.82 bits per heavy atom. The highest BCUT2D eigenvalue weighted by atomic mass is 32.2. The normalized spacial score (nSPS) is 17.2. The predicted molar refractivity (Wildman–Crippen MR) is 110 cm³/mol. The first-order chi connectivity index (χ1) is 13.3. The minimum atomic E-state index is -3.67. The molecule has 0 N–H and O–H groups in total. The van der Waals surface area contributed by atoms with E-state index in [4.69, 9.17) is 4.74 Å². The first-order valence-corrected chi connectivity index (χ1v) is 11.3. The van der Waals surface area contributed by atoms with Gasteiger partial charge in [0.2, 0.25) is 15.9 Å². The number of carbonyl (C=O) groups is 1. The van der Waals surface area contributed by atoms with E-state index in [2.05, 4.69) is 6.92 Å². The number of carbonyl (C=O) groups excluding carboxylic acids is 1. The van der Waals surface area contributed by atoms with Crippen LogP contribution in [0.5, 0.6) is 11.5 Å². The standard InChI is InChI=1S/C21H26N2O4S/c1-17-9-8-14-22(15-17)21(24)16-23(28(2,25)26)19-12-6-7-13-20(19)27-18-10-4-3-5-11-18/h3-7,10-13,17H,8-9,14-16H2,1-2H3. The van der Waals surface area contributed by atoms with Crippen molar-refractivity contribution in [2.24, 2.45) is 5.92 Å². The second-order valence-electron chi connectivity index (χ2n) is 7.24. The van der Waals surface area contributed by atoms with Gasteiger partial charge in [-0.25, -0.2) is 8.42 Å². The van der Waals surface area contributed by atoms with Crippen molar-refractivity contribution in [2.75, 3.05) is 30.2 Å². The van der Waals surface area contributed by atoms with Crippen molar-refractivity contribution >= 4 is 21.6 Å². The fourth-order valence-corrected chi connectivity index (χ4v) is 4.24. The Bertz CT molecular complexity index is 915. The van der Waals surface area contributed by atoms with Gasteiger partial charge in [-0.2, -0.15) is 0 Å². The maximum atomic E-state index is 12.8. The van der Waals surface area contributed by atoms with Crippen molar-refractivity contribution in [2.45, 2.75) is 19.8 Å². The predicted octanol–water partition coefficient (Wildman–Crippen LogP) is 3.50. The van der Waals surface area contributed by atoms with Crippen LogP contribution in [0.4, 0.5) is 5.69 Å². The molecule has 1 aliphatic heterocycles. The van der Waals surface area contributed by atoms with Crippen LogP contribution in [0.25, 0.3) is 0 Å². The van der Waals surface area contributed by atoms with Gasteiger partial charge in [-0.05, 0) is 43.0 Å². The zero-order valence-corrected chi connectivity index (χ0v) is 17.1. The van der Waals surface area contributed by atoms with Gasteiger partial charge in [-0.15, -0.1) is 0 Å². The molecule has 0 saturated carbocycles. The molecule has 2 aromatic rings. The number of anilines is 1. The highest BCUT2D eigenvalue weighted by Crippen LogP contribution is 2.33. The number of nitrogens with zero attached hydrogens (tertiary/aromatic N) is 2. The third-order valence-electron chi connectivity index (χ3n) is 4.79. The highest BCUT2D eigenvalue weighted by molar-refractivity contribution is 7.92. The Morgan fingerprint density at radius 3 is 2.50 bits per heavy atom. The van der Waals surface area contributed by atoms with Gasteiger partial charge in [0.15, 0.2) is 5.75 Å². The number of piperidine rings is 1. The summed E-state index contributed by atoms with van der Waals surface area (Å²) >= 11 is 0. The fraction of sp³-hybridized carbons (Fsp3) is 0.381. The zero-order valence-electron chi connectivity index (χ0n) is 16.2. The summed E-state index contributed by atoms with van der Waals surface area (Å²) in [4.78, 5) is 14.6. The lowest BCUT2D eigenvalue weighted by molar-refractivity contribution is -0.131. The summed E-state index contributed by atoms with van der Waals surface area (Å²) in [6, 6.07) is 16.0. The van der Waals surface area contributed by atoms with E-state index in [0.29, 0.717) is 36.2 Å². The van der Waals surface area contributed by atoms with Gasteiger partial charge in [0.1, 0.15) is 12.3 Å². The van der Waals surface area contributed by atoms with E-state index in [9.17, 15) is 13.2 Å². The molecule has 0 radical (unpaired) electrons. The molecule has 1 aliphatic rings. The van der Waals surface area contributed by atoms with Crippen LogP contribution in [0.15, 0.2) is 54.6 Å². The van der Waals surface area contributed by atoms with E-state index in [1.165, 1.54) is 0 Å². The molecule has 3 rings (SSSR count). The molecule has 0 aromatic heterocycles. The molecule has 1 atom stereocenters. The van der Waals surface area contributed by atoms with E-state index in [0.717, 1.165) is 23.4 Å². The van der Waals surface area contributed by atoms with Crippen LogP contribution in [-0.4, -0.2) is 45.1 Å². The molecule has 0 spiro atoms. The molecule has 0 bridgehead atoms. The average molecular weight is 403 g/mol. The Labute approximate surface area is 166 Å². The number of sulfonamides is 1. The monoisotopic (exact) mass is 402 g/mol. The third-order valence-corrected chi connectivity index (χ3v) is 5.92. The number of hydrogen-bond donors (Lipinski definition) is 0. The zero-order chi connectivity index (χ0) is 20.1. The Kier molecular flexibility index (Phi) is 6.24. The molecule has 2 aromatic carbocycles. The second-order valence-corrected chi connectivity index (χ2v) is 9.15. The van der Waals surface area contributed by atoms with Crippen LogP contribution in [-0.2, 0) is 14.8 Å². The lowest BCUT2D eigenvalue weighted by Crippen LogP contribution is -2.46. The maximum absolute atomic E-state index is 12.8. The number of likely N-dealkylation sites (tertiary alicyclic amines) is 1. The van der Waals surface area contributed by atoms with Crippen molar-refractivity contribution in [3.63, 3.8) is 0 Å². The van der Waals surface area contributed by atoms with Gasteiger partial charge >= 0.3 is 0 Å². The summed E-state index contributed by atoms with van der Waals surface area (Å²) in [5.41, 5.74) is 0.354. The SMILES string of the molecule is CC1CCCN(C(=O)CN(c2ccccc2Oc2ccccc2)S(C)(=O)=O)C1. The number of ether oxygens (including phenoxy) is 1. The van der Waals surface area contributed by atoms with Crippen molar-refractivity contribution < 1.29 is 17.9 Å². The van der Waals surface area contributed by atoms with E-state index >= 15 is 0 Å². The third kappa shape index (κ3) is 5.04. The fourth-order valence-electron chi connectivity index (χ4n) is 3.38. The first kappa shape index (κ1) is 20.2. The van der Waals surface area contributed by atoms with Crippen molar-refractivity contribution in [3.8, 4) is 11.5 Å². The molecule has 1 unspecified atom stereocenters. The van der Waals surface area contributed by atoms with Gasteiger partial charge in [0.05, 0.1) is 11.9 Å². The van der Waals surface area contributed by atoms with Crippen LogP contribution in [0.1, 0.15) is 19.8 Å². The minimum absolute atomic E-state index is 0.188. The number of hydrogen-bond acceptors (Lipinski definition) is 4. The molecule has 150 valence electrons. The molecule has 6 nitrogen and oxygen atoms in total. The van der Waals surface area contributed by atoms with Crippen LogP contribution in [0.3, 0.4) is 0 Å². The largest absolute Gasteiger partial charge is 0.455 e. The first-order valence-electron chi connectivity index (χ1n) is 9.42. The quantitative estimate of drug-likeness (QED) is 0.742. The van der Waals surface area contributed by atoms with Crippen molar-refractivity contribution in [1.29, 1.82) is 0 Å². The van der Waals surface area contributed by atoms with E-state index in [-0.39, 0.29) is 12.5 Å². The molecule has 28 heavy (non-hydrogen) atoms. The summed E-state index contributed by atoms with van der Waals surface area (Å²) in [5, 5.41) is 0. The molecule has 1 fully saturated rings. The topological polar surface area (TPSA) is 66.9 Å². The molecule has 1 saturated heterocycles. The Hall–Kier alpha value is -2.54. The molecular weight excluding hydrogens is 376 g/mol. The van der Waals surface area contributed by atoms with Crippen molar-refractivity contribution in [3.05, 3.63) is 54.6 Å². The smallest absolute Gasteiger partial charge is 0.243 e.